The molecule has 4 heterocycles. The topological polar surface area (TPSA) is 56.8 Å². The van der Waals surface area contributed by atoms with Gasteiger partial charge in [0.1, 0.15) is 6.61 Å². The van der Waals surface area contributed by atoms with Gasteiger partial charge in [-0.2, -0.15) is 0 Å². The van der Waals surface area contributed by atoms with Gasteiger partial charge in [-0.05, 0) is 63.8 Å². The second kappa shape index (κ2) is 9.39. The lowest BCUT2D eigenvalue weighted by atomic mass is 9.86. The summed E-state index contributed by atoms with van der Waals surface area (Å²) in [5.41, 5.74) is 5.85. The molecule has 1 spiro atoms. The molecule has 2 fully saturated rings. The third-order valence-corrected chi connectivity index (χ3v) is 7.33. The molecule has 1 N–H and O–H groups in total. The molecule has 2 aromatic heterocycles. The zero-order valence-electron chi connectivity index (χ0n) is 20.8. The molecular formula is C27H36N6O. The van der Waals surface area contributed by atoms with Crippen LogP contribution in [0.5, 0.6) is 5.88 Å². The van der Waals surface area contributed by atoms with Gasteiger partial charge in [0.25, 0.3) is 0 Å². The molecule has 2 saturated heterocycles. The summed E-state index contributed by atoms with van der Waals surface area (Å²) in [6, 6.07) is 12.9. The van der Waals surface area contributed by atoms with Gasteiger partial charge in [-0.1, -0.05) is 0 Å². The Labute approximate surface area is 202 Å². The van der Waals surface area contributed by atoms with Crippen LogP contribution >= 0.6 is 0 Å². The molecule has 1 atom stereocenters. The second-order valence-corrected chi connectivity index (χ2v) is 10.1. The van der Waals surface area contributed by atoms with Crippen LogP contribution < -0.4 is 19.9 Å². The fourth-order valence-corrected chi connectivity index (χ4v) is 5.39. The largest absolute Gasteiger partial charge is 0.476 e. The maximum Gasteiger partial charge on any atom is 0.213 e. The molecule has 0 radical (unpaired) electrons. The van der Waals surface area contributed by atoms with Crippen LogP contribution in [0, 0.1) is 5.41 Å². The van der Waals surface area contributed by atoms with Gasteiger partial charge in [0.15, 0.2) is 0 Å². The Bertz CT molecular complexity index is 1150. The fourth-order valence-electron chi connectivity index (χ4n) is 5.39. The Morgan fingerprint density at radius 3 is 2.65 bits per heavy atom. The molecule has 0 saturated carbocycles. The molecule has 5 rings (SSSR count). The minimum Gasteiger partial charge on any atom is -0.476 e. The van der Waals surface area contributed by atoms with E-state index in [2.05, 4.69) is 76.5 Å². The molecule has 34 heavy (non-hydrogen) atoms. The average Bonchev–Trinajstić information content (AvgIpc) is 3.43. The summed E-state index contributed by atoms with van der Waals surface area (Å²) in [5.74, 6) is 0.641. The number of nitrogens with zero attached hydrogens (tertiary/aromatic N) is 5. The smallest absolute Gasteiger partial charge is 0.213 e. The Hall–Kier alpha value is -2.90. The summed E-state index contributed by atoms with van der Waals surface area (Å²) in [4.78, 5) is 16.8. The normalized spacial score (nSPS) is 20.5. The standard InChI is InChI=1S/C27H36N6O/c1-28-11-14-34-26-8-5-20(17-29-26)23-16-25(22-7-6-21(31(2)3)15-24(22)30-23)33-13-10-27(19-33)9-12-32(4)18-27/h5-8,15-17,28H,9-14,18-19H2,1-4H3. The highest BCUT2D eigenvalue weighted by molar-refractivity contribution is 5.96. The molecule has 0 amide bonds. The van der Waals surface area contributed by atoms with E-state index in [9.17, 15) is 0 Å². The minimum atomic E-state index is 0.419. The lowest BCUT2D eigenvalue weighted by Gasteiger charge is -2.26. The SMILES string of the molecule is CNCCOc1ccc(-c2cc(N3CCC4(CCN(C)C4)C3)c3ccc(N(C)C)cc3n2)cn1. The van der Waals surface area contributed by atoms with Crippen molar-refractivity contribution in [3.05, 3.63) is 42.6 Å². The van der Waals surface area contributed by atoms with Crippen LogP contribution in [0.15, 0.2) is 42.6 Å². The van der Waals surface area contributed by atoms with Gasteiger partial charge in [0.2, 0.25) is 5.88 Å². The third-order valence-electron chi connectivity index (χ3n) is 7.33. The molecule has 1 unspecified atom stereocenters. The number of benzene rings is 1. The van der Waals surface area contributed by atoms with Crippen LogP contribution in [0.25, 0.3) is 22.2 Å². The number of aromatic nitrogens is 2. The van der Waals surface area contributed by atoms with E-state index in [1.807, 2.05) is 19.3 Å². The van der Waals surface area contributed by atoms with Crippen molar-refractivity contribution in [1.29, 1.82) is 0 Å². The van der Waals surface area contributed by atoms with E-state index < -0.39 is 0 Å². The van der Waals surface area contributed by atoms with Crippen LogP contribution in [-0.4, -0.2) is 82.4 Å². The van der Waals surface area contributed by atoms with E-state index in [0.29, 0.717) is 17.9 Å². The quantitative estimate of drug-likeness (QED) is 0.542. The number of rotatable bonds is 7. The van der Waals surface area contributed by atoms with Crippen molar-refractivity contribution in [2.75, 3.05) is 77.3 Å². The highest BCUT2D eigenvalue weighted by atomic mass is 16.5. The van der Waals surface area contributed by atoms with Crippen molar-refractivity contribution in [2.24, 2.45) is 5.41 Å². The van der Waals surface area contributed by atoms with E-state index in [-0.39, 0.29) is 0 Å². The maximum atomic E-state index is 5.71. The molecular weight excluding hydrogens is 424 g/mol. The van der Waals surface area contributed by atoms with E-state index in [1.165, 1.54) is 37.0 Å². The van der Waals surface area contributed by atoms with E-state index in [4.69, 9.17) is 9.72 Å². The molecule has 7 nitrogen and oxygen atoms in total. The van der Waals surface area contributed by atoms with Crippen LogP contribution in [0.3, 0.4) is 0 Å². The highest BCUT2D eigenvalue weighted by Gasteiger charge is 2.42. The summed E-state index contributed by atoms with van der Waals surface area (Å²) >= 11 is 0. The van der Waals surface area contributed by atoms with Crippen molar-refractivity contribution in [3.8, 4) is 17.1 Å². The fraction of sp³-hybridized carbons (Fsp3) is 0.481. The average molecular weight is 461 g/mol. The highest BCUT2D eigenvalue weighted by Crippen LogP contribution is 2.43. The second-order valence-electron chi connectivity index (χ2n) is 10.1. The molecule has 7 heteroatoms. The third kappa shape index (κ3) is 4.55. The van der Waals surface area contributed by atoms with Crippen LogP contribution in [0.1, 0.15) is 12.8 Å². The predicted octanol–water partition coefficient (Wildman–Crippen LogP) is 3.49. The van der Waals surface area contributed by atoms with Crippen molar-refractivity contribution in [2.45, 2.75) is 12.8 Å². The summed E-state index contributed by atoms with van der Waals surface area (Å²) in [6.07, 6.45) is 4.42. The summed E-state index contributed by atoms with van der Waals surface area (Å²) in [5, 5.41) is 4.30. The van der Waals surface area contributed by atoms with Crippen molar-refractivity contribution >= 4 is 22.3 Å². The van der Waals surface area contributed by atoms with Crippen molar-refractivity contribution < 1.29 is 4.74 Å². The Kier molecular flexibility index (Phi) is 6.32. The van der Waals surface area contributed by atoms with E-state index in [1.54, 1.807) is 0 Å². The predicted molar refractivity (Wildman–Crippen MR) is 140 cm³/mol. The van der Waals surface area contributed by atoms with Crippen LogP contribution in [0.4, 0.5) is 11.4 Å². The number of nitrogens with one attached hydrogen (secondary N) is 1. The summed E-state index contributed by atoms with van der Waals surface area (Å²) < 4.78 is 5.71. The summed E-state index contributed by atoms with van der Waals surface area (Å²) in [7, 11) is 8.31. The lowest BCUT2D eigenvalue weighted by Crippen LogP contribution is -2.29. The molecule has 0 aliphatic carbocycles. The number of ether oxygens (including phenoxy) is 1. The molecule has 0 bridgehead atoms. The molecule has 3 aromatic rings. The van der Waals surface area contributed by atoms with Crippen LogP contribution in [0.2, 0.25) is 0 Å². The first-order chi connectivity index (χ1) is 16.5. The Morgan fingerprint density at radius 1 is 1.09 bits per heavy atom. The Morgan fingerprint density at radius 2 is 1.94 bits per heavy atom. The van der Waals surface area contributed by atoms with Gasteiger partial charge in [-0.3, -0.25) is 0 Å². The van der Waals surface area contributed by atoms with Crippen molar-refractivity contribution in [3.63, 3.8) is 0 Å². The number of anilines is 2. The first kappa shape index (κ1) is 22.9. The number of likely N-dealkylation sites (N-methyl/N-ethyl adjacent to an activating group) is 1. The van der Waals surface area contributed by atoms with Crippen molar-refractivity contribution in [1.82, 2.24) is 20.2 Å². The molecule has 1 aromatic carbocycles. The zero-order valence-corrected chi connectivity index (χ0v) is 20.8. The maximum absolute atomic E-state index is 5.71. The number of likely N-dealkylation sites (tertiary alicyclic amines) is 1. The number of hydrogen-bond donors (Lipinski definition) is 1. The molecule has 180 valence electrons. The Balaban J connectivity index is 1.51. The van der Waals surface area contributed by atoms with Gasteiger partial charge in [0, 0.05) is 80.3 Å². The minimum absolute atomic E-state index is 0.419. The van der Waals surface area contributed by atoms with E-state index >= 15 is 0 Å². The first-order valence-electron chi connectivity index (χ1n) is 12.3. The van der Waals surface area contributed by atoms with Gasteiger partial charge in [-0.25, -0.2) is 9.97 Å². The molecule has 2 aliphatic rings. The summed E-state index contributed by atoms with van der Waals surface area (Å²) in [6.45, 7) is 6.00. The number of hydrogen-bond acceptors (Lipinski definition) is 7. The number of fused-ring (bicyclic) bond motifs is 1. The zero-order chi connectivity index (χ0) is 23.7. The lowest BCUT2D eigenvalue weighted by molar-refractivity contribution is 0.306. The number of pyridine rings is 2. The van der Waals surface area contributed by atoms with E-state index in [0.717, 1.165) is 42.1 Å². The van der Waals surface area contributed by atoms with Gasteiger partial charge >= 0.3 is 0 Å². The van der Waals surface area contributed by atoms with Gasteiger partial charge in [0.05, 0.1) is 11.2 Å². The first-order valence-corrected chi connectivity index (χ1v) is 12.3. The molecule has 2 aliphatic heterocycles. The van der Waals surface area contributed by atoms with Crippen LogP contribution in [-0.2, 0) is 0 Å². The van der Waals surface area contributed by atoms with Gasteiger partial charge < -0.3 is 24.8 Å². The van der Waals surface area contributed by atoms with Gasteiger partial charge in [-0.15, -0.1) is 0 Å². The monoisotopic (exact) mass is 460 g/mol.